The van der Waals surface area contributed by atoms with Crippen molar-refractivity contribution in [3.8, 4) is 0 Å². The summed E-state index contributed by atoms with van der Waals surface area (Å²) in [6.07, 6.45) is 4.51. The van der Waals surface area contributed by atoms with Crippen LogP contribution in [0.4, 0.5) is 0 Å². The van der Waals surface area contributed by atoms with Crippen LogP contribution in [0, 0.1) is 0 Å². The van der Waals surface area contributed by atoms with Gasteiger partial charge in [-0.25, -0.2) is 13.6 Å². The number of sulfonamides is 1. The van der Waals surface area contributed by atoms with Crippen molar-refractivity contribution < 1.29 is 8.42 Å². The van der Waals surface area contributed by atoms with Gasteiger partial charge in [0.2, 0.25) is 10.0 Å². The molecule has 1 aliphatic rings. The SMILES string of the molecule is NS(=O)(=O)Cc1csc2c1CCCC2. The third-order valence-corrected chi connectivity index (χ3v) is 4.36. The third kappa shape index (κ3) is 2.16. The van der Waals surface area contributed by atoms with Gasteiger partial charge in [0.1, 0.15) is 0 Å². The van der Waals surface area contributed by atoms with E-state index in [4.69, 9.17) is 5.14 Å². The lowest BCUT2D eigenvalue weighted by Crippen LogP contribution is -2.15. The minimum atomic E-state index is -3.37. The lowest BCUT2D eigenvalue weighted by molar-refractivity contribution is 0.596. The normalized spacial score (nSPS) is 16.6. The van der Waals surface area contributed by atoms with Crippen molar-refractivity contribution in [1.82, 2.24) is 0 Å². The molecule has 0 unspecified atom stereocenters. The largest absolute Gasteiger partial charge is 0.228 e. The van der Waals surface area contributed by atoms with Crippen LogP contribution in [0.15, 0.2) is 5.38 Å². The summed E-state index contributed by atoms with van der Waals surface area (Å²) >= 11 is 1.67. The van der Waals surface area contributed by atoms with Gasteiger partial charge in [-0.1, -0.05) is 0 Å². The fraction of sp³-hybridized carbons (Fsp3) is 0.556. The molecule has 1 aromatic heterocycles. The molecule has 0 fully saturated rings. The van der Waals surface area contributed by atoms with E-state index in [-0.39, 0.29) is 5.75 Å². The van der Waals surface area contributed by atoms with E-state index < -0.39 is 10.0 Å². The number of fused-ring (bicyclic) bond motifs is 1. The number of aryl methyl sites for hydroxylation is 1. The highest BCUT2D eigenvalue weighted by molar-refractivity contribution is 7.88. The van der Waals surface area contributed by atoms with Gasteiger partial charge in [-0.3, -0.25) is 0 Å². The second kappa shape index (κ2) is 3.64. The van der Waals surface area contributed by atoms with E-state index in [1.165, 1.54) is 23.3 Å². The lowest BCUT2D eigenvalue weighted by Gasteiger charge is -2.12. The Morgan fingerprint density at radius 1 is 1.36 bits per heavy atom. The van der Waals surface area contributed by atoms with Crippen LogP contribution < -0.4 is 5.14 Å². The van der Waals surface area contributed by atoms with E-state index in [0.29, 0.717) is 0 Å². The summed E-state index contributed by atoms with van der Waals surface area (Å²) in [6.45, 7) is 0. The monoisotopic (exact) mass is 231 g/mol. The van der Waals surface area contributed by atoms with Gasteiger partial charge in [-0.2, -0.15) is 0 Å². The summed E-state index contributed by atoms with van der Waals surface area (Å²) in [5.41, 5.74) is 2.17. The van der Waals surface area contributed by atoms with Gasteiger partial charge in [-0.05, 0) is 42.2 Å². The Morgan fingerprint density at radius 2 is 2.07 bits per heavy atom. The summed E-state index contributed by atoms with van der Waals surface area (Å²) in [4.78, 5) is 1.36. The average molecular weight is 231 g/mol. The maximum atomic E-state index is 11.0. The number of hydrogen-bond donors (Lipinski definition) is 1. The quantitative estimate of drug-likeness (QED) is 0.836. The van der Waals surface area contributed by atoms with Crippen molar-refractivity contribution in [3.63, 3.8) is 0 Å². The molecule has 1 aromatic rings. The van der Waals surface area contributed by atoms with Gasteiger partial charge >= 0.3 is 0 Å². The number of rotatable bonds is 2. The summed E-state index contributed by atoms with van der Waals surface area (Å²) in [5.74, 6) is -0.00116. The molecule has 0 aliphatic heterocycles. The second-order valence-corrected chi connectivity index (χ2v) is 6.26. The zero-order valence-electron chi connectivity index (χ0n) is 7.82. The first-order valence-corrected chi connectivity index (χ1v) is 7.24. The van der Waals surface area contributed by atoms with Crippen molar-refractivity contribution in [2.45, 2.75) is 31.4 Å². The van der Waals surface area contributed by atoms with Gasteiger partial charge in [-0.15, -0.1) is 11.3 Å². The topological polar surface area (TPSA) is 60.2 Å². The smallest absolute Gasteiger partial charge is 0.213 e. The molecule has 0 atom stereocenters. The molecule has 2 rings (SSSR count). The van der Waals surface area contributed by atoms with Crippen molar-refractivity contribution in [2.24, 2.45) is 5.14 Å². The van der Waals surface area contributed by atoms with Gasteiger partial charge < -0.3 is 0 Å². The van der Waals surface area contributed by atoms with E-state index in [1.54, 1.807) is 11.3 Å². The maximum absolute atomic E-state index is 11.0. The molecule has 0 amide bonds. The van der Waals surface area contributed by atoms with Crippen molar-refractivity contribution in [3.05, 3.63) is 21.4 Å². The zero-order valence-corrected chi connectivity index (χ0v) is 9.46. The zero-order chi connectivity index (χ0) is 10.2. The molecule has 1 aliphatic carbocycles. The van der Waals surface area contributed by atoms with Gasteiger partial charge in [0.05, 0.1) is 5.75 Å². The van der Waals surface area contributed by atoms with E-state index in [1.807, 2.05) is 5.38 Å². The van der Waals surface area contributed by atoms with Crippen LogP contribution in [-0.4, -0.2) is 8.42 Å². The van der Waals surface area contributed by atoms with Gasteiger partial charge in [0.15, 0.2) is 0 Å². The first kappa shape index (κ1) is 10.1. The number of hydrogen-bond acceptors (Lipinski definition) is 3. The molecule has 0 saturated heterocycles. The van der Waals surface area contributed by atoms with Crippen LogP contribution in [0.3, 0.4) is 0 Å². The number of primary sulfonamides is 1. The predicted molar refractivity (Wildman–Crippen MR) is 57.8 cm³/mol. The van der Waals surface area contributed by atoms with E-state index >= 15 is 0 Å². The lowest BCUT2D eigenvalue weighted by atomic mass is 9.97. The van der Waals surface area contributed by atoms with Crippen LogP contribution in [0.25, 0.3) is 0 Å². The van der Waals surface area contributed by atoms with E-state index in [2.05, 4.69) is 0 Å². The molecule has 0 spiro atoms. The second-order valence-electron chi connectivity index (χ2n) is 3.68. The van der Waals surface area contributed by atoms with Crippen molar-refractivity contribution >= 4 is 21.4 Å². The Hall–Kier alpha value is -0.390. The van der Waals surface area contributed by atoms with E-state index in [0.717, 1.165) is 18.4 Å². The standard InChI is InChI=1S/C9H13NO2S2/c10-14(11,12)6-7-5-13-9-4-2-1-3-8(7)9/h5H,1-4,6H2,(H2,10,11,12). The summed E-state index contributed by atoms with van der Waals surface area (Å²) in [7, 11) is -3.37. The Bertz CT molecular complexity index is 434. The Balaban J connectivity index is 2.31. The van der Waals surface area contributed by atoms with Gasteiger partial charge in [0.25, 0.3) is 0 Å². The average Bonchev–Trinajstić information content (AvgIpc) is 2.47. The van der Waals surface area contributed by atoms with Crippen LogP contribution >= 0.6 is 11.3 Å². The van der Waals surface area contributed by atoms with Gasteiger partial charge in [0, 0.05) is 4.88 Å². The molecule has 1 heterocycles. The summed E-state index contributed by atoms with van der Waals surface area (Å²) < 4.78 is 21.9. The highest BCUT2D eigenvalue weighted by Gasteiger charge is 2.17. The Morgan fingerprint density at radius 3 is 2.79 bits per heavy atom. The highest BCUT2D eigenvalue weighted by atomic mass is 32.2. The molecular weight excluding hydrogens is 218 g/mol. The van der Waals surface area contributed by atoms with Crippen LogP contribution in [0.1, 0.15) is 28.8 Å². The molecule has 2 N–H and O–H groups in total. The molecule has 3 nitrogen and oxygen atoms in total. The molecular formula is C9H13NO2S2. The molecule has 5 heteroatoms. The van der Waals surface area contributed by atoms with Crippen LogP contribution in [-0.2, 0) is 28.6 Å². The summed E-state index contributed by atoms with van der Waals surface area (Å²) in [6, 6.07) is 0. The Kier molecular flexibility index (Phi) is 2.64. The maximum Gasteiger partial charge on any atom is 0.213 e. The third-order valence-electron chi connectivity index (χ3n) is 2.50. The van der Waals surface area contributed by atoms with E-state index in [9.17, 15) is 8.42 Å². The minimum Gasteiger partial charge on any atom is -0.228 e. The first-order chi connectivity index (χ1) is 6.56. The Labute approximate surface area is 88.0 Å². The molecule has 0 saturated carbocycles. The molecule has 78 valence electrons. The molecule has 14 heavy (non-hydrogen) atoms. The van der Waals surface area contributed by atoms with Crippen molar-refractivity contribution in [2.75, 3.05) is 0 Å². The first-order valence-electron chi connectivity index (χ1n) is 4.65. The predicted octanol–water partition coefficient (Wildman–Crippen LogP) is 1.42. The molecule has 0 bridgehead atoms. The fourth-order valence-corrected chi connectivity index (χ4v) is 3.84. The molecule has 0 radical (unpaired) electrons. The number of nitrogens with two attached hydrogens (primary N) is 1. The van der Waals surface area contributed by atoms with Crippen molar-refractivity contribution in [1.29, 1.82) is 0 Å². The van der Waals surface area contributed by atoms with Crippen LogP contribution in [0.2, 0.25) is 0 Å². The number of thiophene rings is 1. The minimum absolute atomic E-state index is 0.00116. The molecule has 0 aromatic carbocycles. The van der Waals surface area contributed by atoms with Crippen LogP contribution in [0.5, 0.6) is 0 Å². The summed E-state index contributed by atoms with van der Waals surface area (Å²) in [5, 5.41) is 6.98. The highest BCUT2D eigenvalue weighted by Crippen LogP contribution is 2.30. The fourth-order valence-electron chi connectivity index (χ4n) is 1.90.